The van der Waals surface area contributed by atoms with Crippen molar-refractivity contribution in [3.63, 3.8) is 0 Å². The first kappa shape index (κ1) is 11.0. The zero-order chi connectivity index (χ0) is 10.9. The van der Waals surface area contributed by atoms with Crippen LogP contribution in [-0.4, -0.2) is 37.4 Å². The monoisotopic (exact) mass is 247 g/mol. The van der Waals surface area contributed by atoms with Gasteiger partial charge in [0.1, 0.15) is 0 Å². The quantitative estimate of drug-likeness (QED) is 0.819. The van der Waals surface area contributed by atoms with Crippen molar-refractivity contribution in [1.82, 2.24) is 14.9 Å². The molecule has 5 nitrogen and oxygen atoms in total. The van der Waals surface area contributed by atoms with E-state index >= 15 is 0 Å². The fourth-order valence-corrected chi connectivity index (χ4v) is 3.51. The van der Waals surface area contributed by atoms with E-state index in [2.05, 4.69) is 14.9 Å². The van der Waals surface area contributed by atoms with Crippen molar-refractivity contribution in [3.8, 4) is 0 Å². The summed E-state index contributed by atoms with van der Waals surface area (Å²) in [5.41, 5.74) is 0.648. The molecule has 84 valence electrons. The Hall–Kier alpha value is -0.530. The van der Waals surface area contributed by atoms with E-state index in [9.17, 15) is 8.42 Å². The van der Waals surface area contributed by atoms with Crippen LogP contribution in [0.4, 0.5) is 0 Å². The fraction of sp³-hybridized carbons (Fsp3) is 0.750. The lowest BCUT2D eigenvalue weighted by molar-refractivity contribution is 0.449. The lowest BCUT2D eigenvalue weighted by atomic mass is 9.97. The molecule has 1 N–H and O–H groups in total. The largest absolute Gasteiger partial charge is 0.316 e. The van der Waals surface area contributed by atoms with Crippen LogP contribution >= 0.6 is 11.5 Å². The molecule has 0 aliphatic carbocycles. The van der Waals surface area contributed by atoms with Gasteiger partial charge < -0.3 is 5.32 Å². The van der Waals surface area contributed by atoms with E-state index in [1.54, 1.807) is 0 Å². The molecule has 0 spiro atoms. The third-order valence-electron chi connectivity index (χ3n) is 2.50. The van der Waals surface area contributed by atoms with Gasteiger partial charge in [-0.25, -0.2) is 8.42 Å². The van der Waals surface area contributed by atoms with Crippen molar-refractivity contribution in [2.24, 2.45) is 0 Å². The molecule has 0 amide bonds. The van der Waals surface area contributed by atoms with Crippen molar-refractivity contribution in [1.29, 1.82) is 0 Å². The lowest BCUT2D eigenvalue weighted by Crippen LogP contribution is -2.29. The van der Waals surface area contributed by atoms with Gasteiger partial charge >= 0.3 is 0 Å². The minimum Gasteiger partial charge on any atom is -0.316 e. The summed E-state index contributed by atoms with van der Waals surface area (Å²) in [6.45, 7) is 1.80. The van der Waals surface area contributed by atoms with Gasteiger partial charge in [0.25, 0.3) is 0 Å². The molecule has 1 atom stereocenters. The van der Waals surface area contributed by atoms with Crippen LogP contribution in [0.15, 0.2) is 4.21 Å². The third kappa shape index (κ3) is 2.35. The van der Waals surface area contributed by atoms with Crippen molar-refractivity contribution >= 4 is 21.4 Å². The highest BCUT2D eigenvalue weighted by molar-refractivity contribution is 7.92. The molecule has 1 aliphatic heterocycles. The molecule has 1 fully saturated rings. The Bertz CT molecular complexity index is 434. The maximum Gasteiger partial charge on any atom is 0.188 e. The van der Waals surface area contributed by atoms with Crippen LogP contribution in [0.5, 0.6) is 0 Å². The molecule has 15 heavy (non-hydrogen) atoms. The minimum atomic E-state index is -3.17. The van der Waals surface area contributed by atoms with Crippen LogP contribution in [0, 0.1) is 0 Å². The van der Waals surface area contributed by atoms with E-state index in [1.807, 2.05) is 0 Å². The summed E-state index contributed by atoms with van der Waals surface area (Å²) in [6, 6.07) is 0. The van der Waals surface area contributed by atoms with E-state index in [4.69, 9.17) is 0 Å². The Balaban J connectivity index is 2.32. The Morgan fingerprint density at radius 2 is 2.33 bits per heavy atom. The summed E-state index contributed by atoms with van der Waals surface area (Å²) in [7, 11) is -3.17. The Morgan fingerprint density at radius 3 is 2.93 bits per heavy atom. The molecule has 7 heteroatoms. The molecule has 1 aromatic rings. The number of hydrogen-bond donors (Lipinski definition) is 1. The second kappa shape index (κ2) is 4.15. The van der Waals surface area contributed by atoms with Crippen LogP contribution in [0.25, 0.3) is 0 Å². The standard InChI is InChI=1S/C8H13N3O2S2/c1-15(12,13)8-7(10-11-14-8)6-3-2-4-9-5-6/h6,9H,2-5H2,1H3. The molecular weight excluding hydrogens is 234 g/mol. The zero-order valence-corrected chi connectivity index (χ0v) is 10.1. The van der Waals surface area contributed by atoms with Crippen molar-refractivity contribution in [2.75, 3.05) is 19.3 Å². The summed E-state index contributed by atoms with van der Waals surface area (Å²) >= 11 is 0.973. The summed E-state index contributed by atoms with van der Waals surface area (Å²) < 4.78 is 27.0. The van der Waals surface area contributed by atoms with Gasteiger partial charge in [-0.15, -0.1) is 5.10 Å². The number of hydrogen-bond acceptors (Lipinski definition) is 6. The molecule has 1 saturated heterocycles. The first-order valence-corrected chi connectivity index (χ1v) is 7.48. The van der Waals surface area contributed by atoms with Gasteiger partial charge in [-0.1, -0.05) is 4.49 Å². The smallest absolute Gasteiger partial charge is 0.188 e. The van der Waals surface area contributed by atoms with E-state index < -0.39 is 9.84 Å². The van der Waals surface area contributed by atoms with Gasteiger partial charge in [0.15, 0.2) is 14.0 Å². The number of nitrogens with one attached hydrogen (secondary N) is 1. The third-order valence-corrected chi connectivity index (χ3v) is 5.05. The number of sulfone groups is 1. The van der Waals surface area contributed by atoms with Crippen molar-refractivity contribution in [2.45, 2.75) is 23.0 Å². The van der Waals surface area contributed by atoms with Crippen LogP contribution in [-0.2, 0) is 9.84 Å². The van der Waals surface area contributed by atoms with Gasteiger partial charge in [-0.2, -0.15) is 0 Å². The Morgan fingerprint density at radius 1 is 1.53 bits per heavy atom. The highest BCUT2D eigenvalue weighted by Gasteiger charge is 2.26. The normalized spacial score (nSPS) is 22.9. The number of piperidine rings is 1. The molecule has 1 unspecified atom stereocenters. The predicted molar refractivity (Wildman–Crippen MR) is 57.9 cm³/mol. The van der Waals surface area contributed by atoms with E-state index in [-0.39, 0.29) is 5.92 Å². The SMILES string of the molecule is CS(=O)(=O)c1snnc1C1CCCNC1. The summed E-state index contributed by atoms with van der Waals surface area (Å²) in [5, 5.41) is 7.20. The number of rotatable bonds is 2. The van der Waals surface area contributed by atoms with E-state index in [1.165, 1.54) is 6.26 Å². The van der Waals surface area contributed by atoms with Crippen LogP contribution in [0.3, 0.4) is 0 Å². The second-order valence-electron chi connectivity index (χ2n) is 3.76. The van der Waals surface area contributed by atoms with Gasteiger partial charge in [0, 0.05) is 30.3 Å². The molecule has 0 aromatic carbocycles. The second-order valence-corrected chi connectivity index (χ2v) is 6.73. The number of aromatic nitrogens is 2. The van der Waals surface area contributed by atoms with Crippen molar-refractivity contribution in [3.05, 3.63) is 5.69 Å². The first-order valence-electron chi connectivity index (χ1n) is 4.82. The van der Waals surface area contributed by atoms with Gasteiger partial charge in [0.05, 0.1) is 5.69 Å². The topological polar surface area (TPSA) is 72.0 Å². The molecule has 2 rings (SSSR count). The molecule has 1 aromatic heterocycles. The molecular formula is C8H13N3O2S2. The van der Waals surface area contributed by atoms with Crippen LogP contribution < -0.4 is 5.32 Å². The highest BCUT2D eigenvalue weighted by Crippen LogP contribution is 2.29. The average Bonchev–Trinajstić information content (AvgIpc) is 2.67. The van der Waals surface area contributed by atoms with Gasteiger partial charge in [-0.3, -0.25) is 0 Å². The summed E-state index contributed by atoms with van der Waals surface area (Å²) in [5.74, 6) is 0.197. The maximum absolute atomic E-state index is 11.5. The van der Waals surface area contributed by atoms with Gasteiger partial charge in [-0.05, 0) is 19.4 Å². The average molecular weight is 247 g/mol. The molecule has 0 radical (unpaired) electrons. The lowest BCUT2D eigenvalue weighted by Gasteiger charge is -2.21. The molecule has 0 saturated carbocycles. The van der Waals surface area contributed by atoms with Crippen molar-refractivity contribution < 1.29 is 8.42 Å². The van der Waals surface area contributed by atoms with Gasteiger partial charge in [0.2, 0.25) is 0 Å². The predicted octanol–water partition coefficient (Wildman–Crippen LogP) is 0.409. The minimum absolute atomic E-state index is 0.197. The van der Waals surface area contributed by atoms with Crippen LogP contribution in [0.1, 0.15) is 24.5 Å². The highest BCUT2D eigenvalue weighted by atomic mass is 32.2. The molecule has 2 heterocycles. The summed E-state index contributed by atoms with van der Waals surface area (Å²) in [6.07, 6.45) is 3.26. The fourth-order valence-electron chi connectivity index (χ4n) is 1.78. The first-order chi connectivity index (χ1) is 7.09. The van der Waals surface area contributed by atoms with E-state index in [0.717, 1.165) is 37.5 Å². The summed E-state index contributed by atoms with van der Waals surface area (Å²) in [4.78, 5) is 0. The molecule has 0 bridgehead atoms. The molecule has 1 aliphatic rings. The Labute approximate surface area is 93.0 Å². The zero-order valence-electron chi connectivity index (χ0n) is 8.43. The number of nitrogens with zero attached hydrogens (tertiary/aromatic N) is 2. The van der Waals surface area contributed by atoms with Crippen LogP contribution in [0.2, 0.25) is 0 Å². The van der Waals surface area contributed by atoms with E-state index in [0.29, 0.717) is 9.90 Å². The Kier molecular flexibility index (Phi) is 3.03. The maximum atomic E-state index is 11.5.